The van der Waals surface area contributed by atoms with Gasteiger partial charge in [0, 0.05) is 28.5 Å². The number of aromatic nitrogens is 1. The number of ether oxygens (including phenoxy) is 1. The van der Waals surface area contributed by atoms with Crippen LogP contribution in [0.5, 0.6) is 5.75 Å². The van der Waals surface area contributed by atoms with Gasteiger partial charge in [-0.2, -0.15) is 5.26 Å². The molecule has 1 aromatic carbocycles. The first-order valence-corrected chi connectivity index (χ1v) is 6.47. The number of rotatable bonds is 3. The maximum absolute atomic E-state index is 9.34. The molecule has 0 atom stereocenters. The minimum atomic E-state index is 0.300. The van der Waals surface area contributed by atoms with Gasteiger partial charge in [0.2, 0.25) is 0 Å². The van der Waals surface area contributed by atoms with Crippen molar-refractivity contribution in [2.75, 3.05) is 7.11 Å². The quantitative estimate of drug-likeness (QED) is 0.791. The fraction of sp³-hybridized carbons (Fsp3) is 0.0667. The number of nitriles is 1. The molecule has 1 heterocycles. The summed E-state index contributed by atoms with van der Waals surface area (Å²) in [6.07, 6.45) is 3.22. The molecule has 0 unspecified atom stereocenters. The van der Waals surface area contributed by atoms with E-state index in [4.69, 9.17) is 27.9 Å². The Kier molecular flexibility index (Phi) is 4.62. The van der Waals surface area contributed by atoms with E-state index in [1.807, 2.05) is 0 Å². The van der Waals surface area contributed by atoms with Crippen LogP contribution in [0, 0.1) is 11.3 Å². The maximum Gasteiger partial charge on any atom is 0.129 e. The summed E-state index contributed by atoms with van der Waals surface area (Å²) in [7, 11) is 1.52. The summed E-state index contributed by atoms with van der Waals surface area (Å²) >= 11 is 12.3. The van der Waals surface area contributed by atoms with Crippen LogP contribution in [-0.2, 0) is 0 Å². The first kappa shape index (κ1) is 14.4. The van der Waals surface area contributed by atoms with Crippen molar-refractivity contribution in [3.63, 3.8) is 0 Å². The number of hydrogen-bond donors (Lipinski definition) is 0. The van der Waals surface area contributed by atoms with Gasteiger partial charge in [-0.15, -0.1) is 0 Å². The lowest BCUT2D eigenvalue weighted by atomic mass is 10.0. The Labute approximate surface area is 127 Å². The highest BCUT2D eigenvalue weighted by Crippen LogP contribution is 2.35. The molecule has 0 aliphatic rings. The molecular weight excluding hydrogens is 295 g/mol. The molecule has 2 aromatic rings. The molecule has 0 aliphatic carbocycles. The lowest BCUT2D eigenvalue weighted by Crippen LogP contribution is -1.92. The van der Waals surface area contributed by atoms with Gasteiger partial charge in [-0.25, -0.2) is 0 Å². The monoisotopic (exact) mass is 304 g/mol. The second-order valence-corrected chi connectivity index (χ2v) is 4.70. The zero-order valence-electron chi connectivity index (χ0n) is 10.6. The molecule has 0 aliphatic heterocycles. The van der Waals surface area contributed by atoms with Gasteiger partial charge in [-0.05, 0) is 24.3 Å². The fourth-order valence-electron chi connectivity index (χ4n) is 1.73. The van der Waals surface area contributed by atoms with Gasteiger partial charge < -0.3 is 4.74 Å². The molecule has 2 rings (SSSR count). The molecule has 0 fully saturated rings. The Hall–Kier alpha value is -2.02. The summed E-state index contributed by atoms with van der Waals surface area (Å²) in [5.74, 6) is 0.513. The summed E-state index contributed by atoms with van der Waals surface area (Å²) in [4.78, 5) is 3.99. The summed E-state index contributed by atoms with van der Waals surface area (Å²) in [6.45, 7) is 0. The number of halogens is 2. The van der Waals surface area contributed by atoms with Crippen LogP contribution in [0.25, 0.3) is 10.6 Å². The van der Waals surface area contributed by atoms with E-state index in [2.05, 4.69) is 11.1 Å². The zero-order chi connectivity index (χ0) is 14.5. The zero-order valence-corrected chi connectivity index (χ0v) is 12.1. The molecule has 0 saturated carbocycles. The summed E-state index contributed by atoms with van der Waals surface area (Å²) in [5, 5.41) is 10.2. The van der Waals surface area contributed by atoms with Gasteiger partial charge >= 0.3 is 0 Å². The second-order valence-electron chi connectivity index (χ2n) is 3.89. The smallest absolute Gasteiger partial charge is 0.129 e. The Morgan fingerprint density at radius 1 is 1.35 bits per heavy atom. The van der Waals surface area contributed by atoms with Crippen molar-refractivity contribution in [1.29, 1.82) is 5.26 Å². The fourth-order valence-corrected chi connectivity index (χ4v) is 2.20. The highest BCUT2D eigenvalue weighted by atomic mass is 35.5. The molecule has 100 valence electrons. The predicted molar refractivity (Wildman–Crippen MR) is 80.5 cm³/mol. The van der Waals surface area contributed by atoms with Crippen molar-refractivity contribution in [1.82, 2.24) is 4.98 Å². The average Bonchev–Trinajstić information content (AvgIpc) is 2.48. The second kappa shape index (κ2) is 6.42. The molecular formula is C15H10Cl2N2O. The average molecular weight is 305 g/mol. The van der Waals surface area contributed by atoms with Crippen LogP contribution >= 0.6 is 23.2 Å². The number of nitrogens with zero attached hydrogens (tertiary/aromatic N) is 2. The predicted octanol–water partition coefficient (Wildman–Crippen LogP) is 4.37. The van der Waals surface area contributed by atoms with Gasteiger partial charge in [0.25, 0.3) is 0 Å². The third-order valence-corrected chi connectivity index (χ3v) is 3.31. The maximum atomic E-state index is 9.34. The third-order valence-electron chi connectivity index (χ3n) is 2.68. The molecule has 1 aromatic heterocycles. The van der Waals surface area contributed by atoms with Crippen LogP contribution in [0.2, 0.25) is 5.02 Å². The van der Waals surface area contributed by atoms with E-state index in [1.165, 1.54) is 7.11 Å². The molecule has 20 heavy (non-hydrogen) atoms. The third kappa shape index (κ3) is 2.93. The van der Waals surface area contributed by atoms with Crippen molar-refractivity contribution >= 4 is 33.8 Å². The van der Waals surface area contributed by atoms with Crippen LogP contribution in [0.15, 0.2) is 42.7 Å². The van der Waals surface area contributed by atoms with Crippen LogP contribution in [0.3, 0.4) is 0 Å². The molecule has 0 saturated heterocycles. The SMILES string of the molecule is COc1cc(Cl)ccc1/C(Cl)=C(/C#N)c1cccnc1. The highest BCUT2D eigenvalue weighted by molar-refractivity contribution is 6.53. The molecule has 0 radical (unpaired) electrons. The van der Waals surface area contributed by atoms with Crippen molar-refractivity contribution in [2.45, 2.75) is 0 Å². The van der Waals surface area contributed by atoms with Crippen molar-refractivity contribution < 1.29 is 4.74 Å². The standard InChI is InChI=1S/C15H10Cl2N2O/c1-20-14-7-11(16)4-5-12(14)15(17)13(8-18)10-3-2-6-19-9-10/h2-7,9H,1H3/b15-13+. The van der Waals surface area contributed by atoms with Gasteiger partial charge in [0.05, 0.1) is 17.7 Å². The highest BCUT2D eigenvalue weighted by Gasteiger charge is 2.14. The molecule has 5 heteroatoms. The van der Waals surface area contributed by atoms with Gasteiger partial charge in [0.1, 0.15) is 11.8 Å². The van der Waals surface area contributed by atoms with Gasteiger partial charge in [-0.1, -0.05) is 29.3 Å². The van der Waals surface area contributed by atoms with Crippen LogP contribution in [0.1, 0.15) is 11.1 Å². The molecule has 0 amide bonds. The Morgan fingerprint density at radius 3 is 2.75 bits per heavy atom. The van der Waals surface area contributed by atoms with E-state index in [0.717, 1.165) is 0 Å². The van der Waals surface area contributed by atoms with E-state index in [1.54, 1.807) is 42.7 Å². The van der Waals surface area contributed by atoms with Crippen molar-refractivity contribution in [3.05, 3.63) is 58.9 Å². The first-order chi connectivity index (χ1) is 9.67. The number of hydrogen-bond acceptors (Lipinski definition) is 3. The summed E-state index contributed by atoms with van der Waals surface area (Å²) in [5.41, 5.74) is 1.59. The minimum absolute atomic E-state index is 0.300. The van der Waals surface area contributed by atoms with E-state index < -0.39 is 0 Å². The number of pyridine rings is 1. The topological polar surface area (TPSA) is 45.9 Å². The first-order valence-electron chi connectivity index (χ1n) is 5.71. The normalized spacial score (nSPS) is 11.5. The minimum Gasteiger partial charge on any atom is -0.496 e. The van der Waals surface area contributed by atoms with E-state index in [9.17, 15) is 5.26 Å². The molecule has 0 spiro atoms. The van der Waals surface area contributed by atoms with Crippen LogP contribution in [0.4, 0.5) is 0 Å². The number of allylic oxidation sites excluding steroid dienone is 1. The Balaban J connectivity index is 2.61. The van der Waals surface area contributed by atoms with Crippen LogP contribution in [-0.4, -0.2) is 12.1 Å². The van der Waals surface area contributed by atoms with E-state index >= 15 is 0 Å². The largest absolute Gasteiger partial charge is 0.496 e. The van der Waals surface area contributed by atoms with Gasteiger partial charge in [0.15, 0.2) is 0 Å². The van der Waals surface area contributed by atoms with Crippen molar-refractivity contribution in [3.8, 4) is 11.8 Å². The van der Waals surface area contributed by atoms with Crippen LogP contribution < -0.4 is 4.74 Å². The summed E-state index contributed by atoms with van der Waals surface area (Å²) < 4.78 is 5.25. The van der Waals surface area contributed by atoms with Crippen molar-refractivity contribution in [2.24, 2.45) is 0 Å². The molecule has 0 bridgehead atoms. The Bertz CT molecular complexity index is 691. The molecule has 3 nitrogen and oxygen atoms in total. The number of benzene rings is 1. The lowest BCUT2D eigenvalue weighted by Gasteiger charge is -2.09. The Morgan fingerprint density at radius 2 is 2.15 bits per heavy atom. The van der Waals surface area contributed by atoms with Gasteiger partial charge in [-0.3, -0.25) is 4.98 Å². The molecule has 0 N–H and O–H groups in total. The van der Waals surface area contributed by atoms with E-state index in [0.29, 0.717) is 32.5 Å². The van der Waals surface area contributed by atoms with E-state index in [-0.39, 0.29) is 0 Å². The lowest BCUT2D eigenvalue weighted by molar-refractivity contribution is 0.414. The number of methoxy groups -OCH3 is 1. The summed E-state index contributed by atoms with van der Waals surface area (Å²) in [6, 6.07) is 10.7.